The van der Waals surface area contributed by atoms with Crippen molar-refractivity contribution in [2.45, 2.75) is 6.54 Å². The quantitative estimate of drug-likeness (QED) is 0.320. The molecule has 0 unspecified atom stereocenters. The second-order valence-corrected chi connectivity index (χ2v) is 8.73. The fourth-order valence-electron chi connectivity index (χ4n) is 4.40. The highest BCUT2D eigenvalue weighted by molar-refractivity contribution is 6.43. The molecule has 3 heterocycles. The third-order valence-corrected chi connectivity index (χ3v) is 6.40. The number of piperazine rings is 1. The van der Waals surface area contributed by atoms with Crippen LogP contribution in [0.25, 0.3) is 16.6 Å². The molecule has 0 aliphatic carbocycles. The van der Waals surface area contributed by atoms with Gasteiger partial charge in [-0.3, -0.25) is 14.5 Å². The molecule has 1 aliphatic rings. The SMILES string of the molecule is O=C(C(=O)N1CCN(Cc2ccccc2)CC1)c1c(-c2ccc(Cl)cc2)cc2ccccn12. The summed E-state index contributed by atoms with van der Waals surface area (Å²) in [5.41, 5.74) is 4.10. The second-order valence-electron chi connectivity index (χ2n) is 8.29. The normalized spacial score (nSPS) is 14.5. The van der Waals surface area contributed by atoms with E-state index in [9.17, 15) is 9.59 Å². The summed E-state index contributed by atoms with van der Waals surface area (Å²) in [6.45, 7) is 3.41. The number of fused-ring (bicyclic) bond motifs is 1. The van der Waals surface area contributed by atoms with Crippen LogP contribution >= 0.6 is 11.6 Å². The van der Waals surface area contributed by atoms with Gasteiger partial charge in [-0.1, -0.05) is 60.1 Å². The lowest BCUT2D eigenvalue weighted by atomic mass is 10.0. The summed E-state index contributed by atoms with van der Waals surface area (Å²) in [6, 6.07) is 25.3. The fraction of sp³-hybridized carbons (Fsp3) is 0.185. The highest BCUT2D eigenvalue weighted by Crippen LogP contribution is 2.29. The fourth-order valence-corrected chi connectivity index (χ4v) is 4.53. The lowest BCUT2D eigenvalue weighted by Crippen LogP contribution is -2.50. The van der Waals surface area contributed by atoms with Crippen molar-refractivity contribution >= 4 is 28.8 Å². The molecule has 0 bridgehead atoms. The first-order chi connectivity index (χ1) is 16.1. The predicted molar refractivity (Wildman–Crippen MR) is 130 cm³/mol. The smallest absolute Gasteiger partial charge is 0.296 e. The summed E-state index contributed by atoms with van der Waals surface area (Å²) in [5, 5.41) is 0.625. The van der Waals surface area contributed by atoms with E-state index in [0.29, 0.717) is 23.8 Å². The van der Waals surface area contributed by atoms with Crippen molar-refractivity contribution in [1.29, 1.82) is 0 Å². The monoisotopic (exact) mass is 457 g/mol. The van der Waals surface area contributed by atoms with Gasteiger partial charge in [0, 0.05) is 55.0 Å². The maximum atomic E-state index is 13.5. The maximum absolute atomic E-state index is 13.5. The van der Waals surface area contributed by atoms with E-state index < -0.39 is 11.7 Å². The Labute approximate surface area is 197 Å². The molecule has 1 saturated heterocycles. The number of carbonyl (C=O) groups is 2. The largest absolute Gasteiger partial charge is 0.333 e. The number of hydrogen-bond donors (Lipinski definition) is 0. The number of Topliss-reactive ketones (excluding diaryl/α,β-unsaturated/α-hetero) is 1. The van der Waals surface area contributed by atoms with Crippen molar-refractivity contribution in [3.05, 3.63) is 101 Å². The first-order valence-electron chi connectivity index (χ1n) is 11.1. The van der Waals surface area contributed by atoms with Crippen molar-refractivity contribution in [1.82, 2.24) is 14.2 Å². The summed E-state index contributed by atoms with van der Waals surface area (Å²) < 4.78 is 1.80. The molecule has 0 spiro atoms. The van der Waals surface area contributed by atoms with Crippen LogP contribution in [0.2, 0.25) is 5.02 Å². The van der Waals surface area contributed by atoms with Crippen molar-refractivity contribution in [2.24, 2.45) is 0 Å². The molecule has 33 heavy (non-hydrogen) atoms. The van der Waals surface area contributed by atoms with Crippen LogP contribution in [-0.2, 0) is 11.3 Å². The van der Waals surface area contributed by atoms with Gasteiger partial charge in [0.15, 0.2) is 0 Å². The number of hydrogen-bond acceptors (Lipinski definition) is 3. The average Bonchev–Trinajstić information content (AvgIpc) is 3.24. The van der Waals surface area contributed by atoms with E-state index in [1.807, 2.05) is 60.8 Å². The highest BCUT2D eigenvalue weighted by Gasteiger charge is 2.30. The number of pyridine rings is 1. The van der Waals surface area contributed by atoms with E-state index in [1.165, 1.54) is 5.56 Å². The van der Waals surface area contributed by atoms with Gasteiger partial charge >= 0.3 is 0 Å². The molecule has 5 nitrogen and oxygen atoms in total. The lowest BCUT2D eigenvalue weighted by molar-refractivity contribution is -0.128. The first-order valence-corrected chi connectivity index (χ1v) is 11.4. The maximum Gasteiger partial charge on any atom is 0.296 e. The van der Waals surface area contributed by atoms with Gasteiger partial charge in [-0.25, -0.2) is 0 Å². The van der Waals surface area contributed by atoms with E-state index in [2.05, 4.69) is 17.0 Å². The Hall–Kier alpha value is -3.41. The highest BCUT2D eigenvalue weighted by atomic mass is 35.5. The van der Waals surface area contributed by atoms with Gasteiger partial charge in [-0.15, -0.1) is 0 Å². The summed E-state index contributed by atoms with van der Waals surface area (Å²) in [5.74, 6) is -0.934. The molecule has 6 heteroatoms. The molecule has 166 valence electrons. The van der Waals surface area contributed by atoms with Crippen LogP contribution in [0.5, 0.6) is 0 Å². The molecule has 5 rings (SSSR count). The Balaban J connectivity index is 1.37. The van der Waals surface area contributed by atoms with Crippen LogP contribution in [0.15, 0.2) is 85.1 Å². The lowest BCUT2D eigenvalue weighted by Gasteiger charge is -2.34. The Bertz CT molecular complexity index is 1290. The zero-order valence-corrected chi connectivity index (χ0v) is 18.9. The first kappa shape index (κ1) is 21.4. The van der Waals surface area contributed by atoms with Gasteiger partial charge in [-0.05, 0) is 41.5 Å². The molecule has 0 atom stereocenters. The third-order valence-electron chi connectivity index (χ3n) is 6.15. The van der Waals surface area contributed by atoms with Crippen molar-refractivity contribution < 1.29 is 9.59 Å². The van der Waals surface area contributed by atoms with Crippen LogP contribution in [0.3, 0.4) is 0 Å². The third kappa shape index (κ3) is 4.42. The number of halogens is 1. The van der Waals surface area contributed by atoms with Crippen molar-refractivity contribution in [3.8, 4) is 11.1 Å². The molecule has 1 aliphatic heterocycles. The van der Waals surface area contributed by atoms with Crippen LogP contribution < -0.4 is 0 Å². The van der Waals surface area contributed by atoms with Crippen LogP contribution in [0.1, 0.15) is 16.1 Å². The topological polar surface area (TPSA) is 45.0 Å². The molecule has 2 aromatic heterocycles. The molecule has 1 amide bonds. The molecule has 1 fully saturated rings. The molecule has 0 N–H and O–H groups in total. The Morgan fingerprint density at radius 3 is 2.24 bits per heavy atom. The van der Waals surface area contributed by atoms with Crippen molar-refractivity contribution in [2.75, 3.05) is 26.2 Å². The number of aromatic nitrogens is 1. The second kappa shape index (κ2) is 9.22. The zero-order valence-electron chi connectivity index (χ0n) is 18.2. The van der Waals surface area contributed by atoms with Gasteiger partial charge < -0.3 is 9.30 Å². The van der Waals surface area contributed by atoms with Crippen LogP contribution in [0, 0.1) is 0 Å². The van der Waals surface area contributed by atoms with Gasteiger partial charge in [0.25, 0.3) is 11.7 Å². The number of carbonyl (C=O) groups excluding carboxylic acids is 2. The molecule has 0 saturated carbocycles. The van der Waals surface area contributed by atoms with E-state index in [-0.39, 0.29) is 0 Å². The number of nitrogens with zero attached hydrogens (tertiary/aromatic N) is 3. The van der Waals surface area contributed by atoms with E-state index in [4.69, 9.17) is 11.6 Å². The summed E-state index contributed by atoms with van der Waals surface area (Å²) >= 11 is 6.06. The minimum absolute atomic E-state index is 0.393. The minimum Gasteiger partial charge on any atom is -0.333 e. The standard InChI is InChI=1S/C27H24ClN3O2/c28-22-11-9-21(10-12-22)24-18-23-8-4-5-13-31(23)25(24)26(32)27(33)30-16-14-29(15-17-30)19-20-6-2-1-3-7-20/h1-13,18H,14-17,19H2. The van der Waals surface area contributed by atoms with Gasteiger partial charge in [0.2, 0.25) is 0 Å². The summed E-state index contributed by atoms with van der Waals surface area (Å²) in [4.78, 5) is 30.8. The average molecular weight is 458 g/mol. The Kier molecular flexibility index (Phi) is 5.99. The number of amides is 1. The van der Waals surface area contributed by atoms with E-state index in [1.54, 1.807) is 21.4 Å². The zero-order chi connectivity index (χ0) is 22.8. The van der Waals surface area contributed by atoms with Crippen molar-refractivity contribution in [3.63, 3.8) is 0 Å². The van der Waals surface area contributed by atoms with Gasteiger partial charge in [0.1, 0.15) is 5.69 Å². The molecular formula is C27H24ClN3O2. The van der Waals surface area contributed by atoms with E-state index in [0.717, 1.165) is 36.3 Å². The number of rotatable bonds is 5. The molecule has 4 aromatic rings. The Morgan fingerprint density at radius 2 is 1.52 bits per heavy atom. The van der Waals surface area contributed by atoms with Gasteiger partial charge in [-0.2, -0.15) is 0 Å². The summed E-state index contributed by atoms with van der Waals surface area (Å²) in [7, 11) is 0. The molecular weight excluding hydrogens is 434 g/mol. The van der Waals surface area contributed by atoms with Gasteiger partial charge in [0.05, 0.1) is 0 Å². The summed E-state index contributed by atoms with van der Waals surface area (Å²) in [6.07, 6.45) is 1.83. The van der Waals surface area contributed by atoms with E-state index >= 15 is 0 Å². The predicted octanol–water partition coefficient (Wildman–Crippen LogP) is 4.79. The minimum atomic E-state index is -0.484. The molecule has 0 radical (unpaired) electrons. The van der Waals surface area contributed by atoms with Crippen LogP contribution in [-0.4, -0.2) is 52.1 Å². The number of ketones is 1. The molecule has 2 aromatic carbocycles. The van der Waals surface area contributed by atoms with Crippen LogP contribution in [0.4, 0.5) is 0 Å². The number of benzene rings is 2. The Morgan fingerprint density at radius 1 is 0.818 bits per heavy atom.